The average Bonchev–Trinajstić information content (AvgIpc) is 2.35. The molecule has 0 aromatic heterocycles. The Morgan fingerprint density at radius 2 is 1.94 bits per heavy atom. The SMILES string of the molecule is CC(C)C1(C)CCCC(OC(CO)C(O)CO)C1. The van der Waals surface area contributed by atoms with Crippen molar-refractivity contribution in [3.63, 3.8) is 0 Å². The van der Waals surface area contributed by atoms with Gasteiger partial charge in [0.2, 0.25) is 0 Å². The van der Waals surface area contributed by atoms with E-state index < -0.39 is 12.2 Å². The molecule has 1 fully saturated rings. The van der Waals surface area contributed by atoms with Crippen molar-refractivity contribution in [2.75, 3.05) is 13.2 Å². The van der Waals surface area contributed by atoms with Crippen LogP contribution in [0.1, 0.15) is 46.5 Å². The van der Waals surface area contributed by atoms with Gasteiger partial charge in [0.25, 0.3) is 0 Å². The molecule has 18 heavy (non-hydrogen) atoms. The van der Waals surface area contributed by atoms with Gasteiger partial charge in [-0.1, -0.05) is 27.2 Å². The number of ether oxygens (including phenoxy) is 1. The number of rotatable bonds is 6. The third-order valence-electron chi connectivity index (χ3n) is 4.53. The Kier molecular flexibility index (Phi) is 6.05. The van der Waals surface area contributed by atoms with E-state index in [0.29, 0.717) is 5.92 Å². The maximum Gasteiger partial charge on any atom is 0.109 e. The number of aliphatic hydroxyl groups excluding tert-OH is 3. The number of hydrogen-bond acceptors (Lipinski definition) is 4. The number of hydrogen-bond donors (Lipinski definition) is 3. The van der Waals surface area contributed by atoms with E-state index in [0.717, 1.165) is 19.3 Å². The fourth-order valence-electron chi connectivity index (χ4n) is 2.72. The molecule has 4 atom stereocenters. The highest BCUT2D eigenvalue weighted by Crippen LogP contribution is 2.43. The highest BCUT2D eigenvalue weighted by atomic mass is 16.5. The van der Waals surface area contributed by atoms with Crippen LogP contribution >= 0.6 is 0 Å². The van der Waals surface area contributed by atoms with Gasteiger partial charge in [-0.25, -0.2) is 0 Å². The molecule has 1 rings (SSSR count). The van der Waals surface area contributed by atoms with Crippen molar-refractivity contribution in [3.8, 4) is 0 Å². The van der Waals surface area contributed by atoms with Gasteiger partial charge in [-0.2, -0.15) is 0 Å². The molecule has 4 nitrogen and oxygen atoms in total. The summed E-state index contributed by atoms with van der Waals surface area (Å²) in [7, 11) is 0. The van der Waals surface area contributed by atoms with E-state index in [1.807, 2.05) is 0 Å². The Bertz CT molecular complexity index is 244. The van der Waals surface area contributed by atoms with Crippen LogP contribution in [0.5, 0.6) is 0 Å². The Balaban J connectivity index is 2.56. The van der Waals surface area contributed by atoms with Gasteiger partial charge in [-0.15, -0.1) is 0 Å². The van der Waals surface area contributed by atoms with Crippen molar-refractivity contribution in [3.05, 3.63) is 0 Å². The van der Waals surface area contributed by atoms with Gasteiger partial charge in [0.15, 0.2) is 0 Å². The van der Waals surface area contributed by atoms with Crippen molar-refractivity contribution >= 4 is 0 Å². The topological polar surface area (TPSA) is 69.9 Å². The van der Waals surface area contributed by atoms with E-state index in [2.05, 4.69) is 20.8 Å². The summed E-state index contributed by atoms with van der Waals surface area (Å²) in [5, 5.41) is 27.7. The van der Waals surface area contributed by atoms with Crippen LogP contribution < -0.4 is 0 Å². The maximum absolute atomic E-state index is 9.55. The lowest BCUT2D eigenvalue weighted by Crippen LogP contribution is -2.42. The quantitative estimate of drug-likeness (QED) is 0.673. The zero-order valence-corrected chi connectivity index (χ0v) is 11.8. The molecular formula is C14H28O4. The molecule has 0 heterocycles. The first-order valence-electron chi connectivity index (χ1n) is 6.98. The fourth-order valence-corrected chi connectivity index (χ4v) is 2.72. The summed E-state index contributed by atoms with van der Waals surface area (Å²) in [6.45, 7) is 6.11. The van der Waals surface area contributed by atoms with Crippen molar-refractivity contribution in [1.82, 2.24) is 0 Å². The first-order chi connectivity index (χ1) is 8.42. The lowest BCUT2D eigenvalue weighted by atomic mass is 9.67. The minimum atomic E-state index is -0.998. The third kappa shape index (κ3) is 3.92. The highest BCUT2D eigenvalue weighted by Gasteiger charge is 2.36. The summed E-state index contributed by atoms with van der Waals surface area (Å²) in [6, 6.07) is 0. The highest BCUT2D eigenvalue weighted by molar-refractivity contribution is 4.86. The summed E-state index contributed by atoms with van der Waals surface area (Å²) < 4.78 is 5.78. The third-order valence-corrected chi connectivity index (χ3v) is 4.53. The largest absolute Gasteiger partial charge is 0.394 e. The zero-order chi connectivity index (χ0) is 13.8. The minimum Gasteiger partial charge on any atom is -0.394 e. The summed E-state index contributed by atoms with van der Waals surface area (Å²) in [6.07, 6.45) is 2.65. The van der Waals surface area contributed by atoms with E-state index in [-0.39, 0.29) is 24.7 Å². The second-order valence-electron chi connectivity index (χ2n) is 6.13. The van der Waals surface area contributed by atoms with E-state index >= 15 is 0 Å². The molecule has 4 unspecified atom stereocenters. The average molecular weight is 260 g/mol. The fraction of sp³-hybridized carbons (Fsp3) is 1.00. The van der Waals surface area contributed by atoms with Crippen LogP contribution in [0.4, 0.5) is 0 Å². The molecule has 0 aromatic carbocycles. The molecule has 0 spiro atoms. The predicted octanol–water partition coefficient (Wildman–Crippen LogP) is 1.32. The Morgan fingerprint density at radius 3 is 2.44 bits per heavy atom. The van der Waals surface area contributed by atoms with Gasteiger partial charge in [0.05, 0.1) is 19.3 Å². The summed E-state index contributed by atoms with van der Waals surface area (Å²) >= 11 is 0. The van der Waals surface area contributed by atoms with Crippen LogP contribution in [0, 0.1) is 11.3 Å². The van der Waals surface area contributed by atoms with Crippen molar-refractivity contribution in [2.24, 2.45) is 11.3 Å². The second kappa shape index (κ2) is 6.85. The molecule has 0 aromatic rings. The monoisotopic (exact) mass is 260 g/mol. The van der Waals surface area contributed by atoms with Crippen LogP contribution in [0.15, 0.2) is 0 Å². The van der Waals surface area contributed by atoms with Gasteiger partial charge in [0.1, 0.15) is 12.2 Å². The normalized spacial score (nSPS) is 32.5. The van der Waals surface area contributed by atoms with Crippen LogP contribution in [-0.4, -0.2) is 46.8 Å². The Morgan fingerprint density at radius 1 is 1.28 bits per heavy atom. The summed E-state index contributed by atoms with van der Waals surface area (Å²) in [5.74, 6) is 0.597. The molecule has 0 amide bonds. The van der Waals surface area contributed by atoms with Gasteiger partial charge in [-0.05, 0) is 30.6 Å². The molecule has 0 saturated heterocycles. The van der Waals surface area contributed by atoms with Gasteiger partial charge in [-0.3, -0.25) is 0 Å². The van der Waals surface area contributed by atoms with E-state index in [9.17, 15) is 10.2 Å². The van der Waals surface area contributed by atoms with Crippen molar-refractivity contribution in [1.29, 1.82) is 0 Å². The number of aliphatic hydroxyl groups is 3. The maximum atomic E-state index is 9.55. The lowest BCUT2D eigenvalue weighted by Gasteiger charge is -2.42. The van der Waals surface area contributed by atoms with Crippen LogP contribution in [0.2, 0.25) is 0 Å². The van der Waals surface area contributed by atoms with Gasteiger partial charge >= 0.3 is 0 Å². The molecule has 0 aliphatic heterocycles. The summed E-state index contributed by atoms with van der Waals surface area (Å²) in [4.78, 5) is 0. The molecular weight excluding hydrogens is 232 g/mol. The van der Waals surface area contributed by atoms with Gasteiger partial charge in [0, 0.05) is 0 Å². The second-order valence-corrected chi connectivity index (χ2v) is 6.13. The molecule has 0 radical (unpaired) electrons. The minimum absolute atomic E-state index is 0.0736. The molecule has 1 aliphatic rings. The molecule has 4 heteroatoms. The standard InChI is InChI=1S/C14H28O4/c1-10(2)14(3)6-4-5-11(7-14)18-13(9-16)12(17)8-15/h10-13,15-17H,4-9H2,1-3H3. The van der Waals surface area contributed by atoms with Crippen LogP contribution in [-0.2, 0) is 4.74 Å². The first-order valence-corrected chi connectivity index (χ1v) is 6.98. The van der Waals surface area contributed by atoms with Crippen LogP contribution in [0.3, 0.4) is 0 Å². The molecule has 108 valence electrons. The van der Waals surface area contributed by atoms with Crippen LogP contribution in [0.25, 0.3) is 0 Å². The van der Waals surface area contributed by atoms with E-state index in [1.54, 1.807) is 0 Å². The Hall–Kier alpha value is -0.160. The molecule has 1 aliphatic carbocycles. The van der Waals surface area contributed by atoms with E-state index in [4.69, 9.17) is 9.84 Å². The van der Waals surface area contributed by atoms with E-state index in [1.165, 1.54) is 6.42 Å². The lowest BCUT2D eigenvalue weighted by molar-refractivity contribution is -0.131. The van der Waals surface area contributed by atoms with Crippen molar-refractivity contribution in [2.45, 2.75) is 64.8 Å². The molecule has 3 N–H and O–H groups in total. The van der Waals surface area contributed by atoms with Crippen molar-refractivity contribution < 1.29 is 20.1 Å². The smallest absolute Gasteiger partial charge is 0.109 e. The first kappa shape index (κ1) is 15.9. The molecule has 0 bridgehead atoms. The molecule has 1 saturated carbocycles. The predicted molar refractivity (Wildman–Crippen MR) is 70.3 cm³/mol. The zero-order valence-electron chi connectivity index (χ0n) is 11.8. The van der Waals surface area contributed by atoms with Gasteiger partial charge < -0.3 is 20.1 Å². The Labute approximate surface area is 110 Å². The summed E-state index contributed by atoms with van der Waals surface area (Å²) in [5.41, 5.74) is 0.271.